The second kappa shape index (κ2) is 7.14. The zero-order valence-electron chi connectivity index (χ0n) is 11.0. The fourth-order valence-electron chi connectivity index (χ4n) is 1.64. The Balaban J connectivity index is 2.78. The van der Waals surface area contributed by atoms with E-state index >= 15 is 0 Å². The van der Waals surface area contributed by atoms with Gasteiger partial charge in [0, 0.05) is 17.1 Å². The highest BCUT2D eigenvalue weighted by atomic mass is 79.9. The van der Waals surface area contributed by atoms with E-state index in [0.717, 1.165) is 11.0 Å². The van der Waals surface area contributed by atoms with Gasteiger partial charge in [-0.05, 0) is 25.5 Å². The Labute approximate surface area is 113 Å². The predicted molar refractivity (Wildman–Crippen MR) is 76.2 cm³/mol. The maximum Gasteiger partial charge on any atom is 0.0963 e. The van der Waals surface area contributed by atoms with Gasteiger partial charge in [0.2, 0.25) is 0 Å². The summed E-state index contributed by atoms with van der Waals surface area (Å²) in [6.45, 7) is 9.26. The Kier molecular flexibility index (Phi) is 6.17. The first kappa shape index (κ1) is 14.7. The number of benzene rings is 1. The Morgan fingerprint density at radius 2 is 1.82 bits per heavy atom. The largest absolute Gasteiger partial charge is 0.369 e. The quantitative estimate of drug-likeness (QED) is 0.860. The summed E-state index contributed by atoms with van der Waals surface area (Å²) >= 11 is 3.59. The molecule has 0 aliphatic rings. The molecule has 0 radical (unpaired) electrons. The zero-order chi connectivity index (χ0) is 12.8. The summed E-state index contributed by atoms with van der Waals surface area (Å²) in [5, 5.41) is 3.43. The lowest BCUT2D eigenvalue weighted by Crippen LogP contribution is -2.30. The third-order valence-electron chi connectivity index (χ3n) is 2.40. The topological polar surface area (TPSA) is 21.3 Å². The minimum Gasteiger partial charge on any atom is -0.369 e. The minimum absolute atomic E-state index is 0.0907. The van der Waals surface area contributed by atoms with Gasteiger partial charge in [0.25, 0.3) is 0 Å². The van der Waals surface area contributed by atoms with Crippen molar-refractivity contribution in [2.45, 2.75) is 45.9 Å². The molecule has 0 aliphatic carbocycles. The van der Waals surface area contributed by atoms with E-state index in [0.29, 0.717) is 6.04 Å². The summed E-state index contributed by atoms with van der Waals surface area (Å²) in [4.78, 5) is 0. The van der Waals surface area contributed by atoms with Crippen molar-refractivity contribution in [3.05, 3.63) is 34.3 Å². The third kappa shape index (κ3) is 5.19. The van der Waals surface area contributed by atoms with Crippen LogP contribution in [0.3, 0.4) is 0 Å². The predicted octanol–water partition coefficient (Wildman–Crippen LogP) is 3.91. The van der Waals surface area contributed by atoms with Crippen LogP contribution in [0.15, 0.2) is 28.7 Å². The van der Waals surface area contributed by atoms with Gasteiger partial charge in [0.05, 0.1) is 12.2 Å². The van der Waals surface area contributed by atoms with Crippen LogP contribution < -0.4 is 5.32 Å². The van der Waals surface area contributed by atoms with Gasteiger partial charge < -0.3 is 10.1 Å². The Morgan fingerprint density at radius 1 is 1.18 bits per heavy atom. The molecule has 0 fully saturated rings. The molecule has 2 nitrogen and oxygen atoms in total. The Morgan fingerprint density at radius 3 is 2.35 bits per heavy atom. The summed E-state index contributed by atoms with van der Waals surface area (Å²) in [5.41, 5.74) is 1.20. The minimum atomic E-state index is 0.0907. The van der Waals surface area contributed by atoms with E-state index in [1.165, 1.54) is 5.56 Å². The van der Waals surface area contributed by atoms with Crippen LogP contribution in [0.25, 0.3) is 0 Å². The van der Waals surface area contributed by atoms with Crippen molar-refractivity contribution in [2.75, 3.05) is 6.54 Å². The first-order valence-electron chi connectivity index (χ1n) is 6.14. The normalized spacial score (nSPS) is 13.4. The van der Waals surface area contributed by atoms with Gasteiger partial charge in [0.15, 0.2) is 0 Å². The van der Waals surface area contributed by atoms with Gasteiger partial charge >= 0.3 is 0 Å². The molecule has 0 amide bonds. The van der Waals surface area contributed by atoms with E-state index in [9.17, 15) is 0 Å². The smallest absolute Gasteiger partial charge is 0.0963 e. The molecule has 0 spiro atoms. The Hall–Kier alpha value is -0.380. The molecule has 3 heteroatoms. The van der Waals surface area contributed by atoms with E-state index in [2.05, 4.69) is 61.1 Å². The lowest BCUT2D eigenvalue weighted by Gasteiger charge is -2.23. The van der Waals surface area contributed by atoms with Crippen LogP contribution in [0.2, 0.25) is 0 Å². The van der Waals surface area contributed by atoms with Crippen LogP contribution in [0.1, 0.15) is 39.4 Å². The average Bonchev–Trinajstić information content (AvgIpc) is 2.24. The van der Waals surface area contributed by atoms with Gasteiger partial charge in [-0.1, -0.05) is 48.0 Å². The maximum atomic E-state index is 5.98. The van der Waals surface area contributed by atoms with E-state index in [-0.39, 0.29) is 12.2 Å². The van der Waals surface area contributed by atoms with E-state index in [4.69, 9.17) is 4.74 Å². The molecule has 0 saturated carbocycles. The highest BCUT2D eigenvalue weighted by Gasteiger charge is 2.16. The van der Waals surface area contributed by atoms with Crippen LogP contribution >= 0.6 is 15.9 Å². The van der Waals surface area contributed by atoms with Gasteiger partial charge in [-0.2, -0.15) is 0 Å². The maximum absolute atomic E-state index is 5.98. The monoisotopic (exact) mass is 299 g/mol. The van der Waals surface area contributed by atoms with Gasteiger partial charge in [0.1, 0.15) is 0 Å². The molecular formula is C14H22BrNO. The molecule has 1 atom stereocenters. The van der Waals surface area contributed by atoms with Crippen molar-refractivity contribution in [1.82, 2.24) is 5.32 Å². The summed E-state index contributed by atoms with van der Waals surface area (Å²) in [6, 6.07) is 8.71. The van der Waals surface area contributed by atoms with E-state index in [1.807, 2.05) is 12.1 Å². The SMILES string of the molecule is CC(C)NCC(OC(C)C)c1ccccc1Br. The molecule has 1 unspecified atom stereocenters. The van der Waals surface area contributed by atoms with Crippen molar-refractivity contribution < 1.29 is 4.74 Å². The van der Waals surface area contributed by atoms with Crippen LogP contribution in [0.5, 0.6) is 0 Å². The first-order valence-corrected chi connectivity index (χ1v) is 6.93. The van der Waals surface area contributed by atoms with Crippen molar-refractivity contribution in [1.29, 1.82) is 0 Å². The molecular weight excluding hydrogens is 278 g/mol. The summed E-state index contributed by atoms with van der Waals surface area (Å²) in [6.07, 6.45) is 0.314. The zero-order valence-corrected chi connectivity index (χ0v) is 12.6. The van der Waals surface area contributed by atoms with Crippen molar-refractivity contribution in [2.24, 2.45) is 0 Å². The summed E-state index contributed by atoms with van der Waals surface area (Å²) in [7, 11) is 0. The highest BCUT2D eigenvalue weighted by molar-refractivity contribution is 9.10. The number of rotatable bonds is 6. The van der Waals surface area contributed by atoms with Gasteiger partial charge in [-0.25, -0.2) is 0 Å². The lowest BCUT2D eigenvalue weighted by molar-refractivity contribution is 0.00579. The molecule has 0 heterocycles. The molecule has 1 aromatic rings. The third-order valence-corrected chi connectivity index (χ3v) is 3.12. The van der Waals surface area contributed by atoms with Crippen molar-refractivity contribution >= 4 is 15.9 Å². The fraction of sp³-hybridized carbons (Fsp3) is 0.571. The number of hydrogen-bond donors (Lipinski definition) is 1. The van der Waals surface area contributed by atoms with E-state index < -0.39 is 0 Å². The van der Waals surface area contributed by atoms with Gasteiger partial charge in [-0.3, -0.25) is 0 Å². The fourth-order valence-corrected chi connectivity index (χ4v) is 2.18. The number of ether oxygens (including phenoxy) is 1. The molecule has 1 N–H and O–H groups in total. The molecule has 17 heavy (non-hydrogen) atoms. The highest BCUT2D eigenvalue weighted by Crippen LogP contribution is 2.26. The lowest BCUT2D eigenvalue weighted by atomic mass is 10.1. The van der Waals surface area contributed by atoms with Crippen LogP contribution in [0.4, 0.5) is 0 Å². The number of halogens is 1. The van der Waals surface area contributed by atoms with Crippen molar-refractivity contribution in [3.63, 3.8) is 0 Å². The average molecular weight is 300 g/mol. The molecule has 0 aliphatic heterocycles. The summed E-state index contributed by atoms with van der Waals surface area (Å²) in [5.74, 6) is 0. The van der Waals surface area contributed by atoms with Gasteiger partial charge in [-0.15, -0.1) is 0 Å². The molecule has 0 aromatic heterocycles. The number of nitrogens with one attached hydrogen (secondary N) is 1. The molecule has 96 valence electrons. The second-order valence-electron chi connectivity index (χ2n) is 4.76. The standard InChI is InChI=1S/C14H22BrNO/c1-10(2)16-9-14(17-11(3)4)12-7-5-6-8-13(12)15/h5-8,10-11,14,16H,9H2,1-4H3. The van der Waals surface area contributed by atoms with Crippen LogP contribution in [0, 0.1) is 0 Å². The Bertz CT molecular complexity index is 339. The van der Waals surface area contributed by atoms with Crippen LogP contribution in [-0.4, -0.2) is 18.7 Å². The molecule has 0 saturated heterocycles. The number of hydrogen-bond acceptors (Lipinski definition) is 2. The first-order chi connectivity index (χ1) is 8.00. The van der Waals surface area contributed by atoms with E-state index in [1.54, 1.807) is 0 Å². The summed E-state index contributed by atoms with van der Waals surface area (Å²) < 4.78 is 7.08. The second-order valence-corrected chi connectivity index (χ2v) is 5.61. The molecule has 0 bridgehead atoms. The van der Waals surface area contributed by atoms with Crippen LogP contribution in [-0.2, 0) is 4.74 Å². The molecule has 1 aromatic carbocycles. The van der Waals surface area contributed by atoms with Crippen molar-refractivity contribution in [3.8, 4) is 0 Å². The molecule has 1 rings (SSSR count).